The molecule has 1 aromatic carbocycles. The molecule has 15 heavy (non-hydrogen) atoms. The number of rotatable bonds is 1. The van der Waals surface area contributed by atoms with E-state index in [1.165, 1.54) is 19.5 Å². The molecule has 0 aliphatic heterocycles. The number of halogens is 3. The monoisotopic (exact) mass is 321 g/mol. The Morgan fingerprint density at radius 2 is 2.07 bits per heavy atom. The van der Waals surface area contributed by atoms with Crippen molar-refractivity contribution < 1.29 is 13.5 Å². The molecule has 2 rings (SSSR count). The van der Waals surface area contributed by atoms with Crippen molar-refractivity contribution in [3.05, 3.63) is 33.7 Å². The van der Waals surface area contributed by atoms with Crippen molar-refractivity contribution in [3.8, 4) is 5.75 Å². The molecule has 2 aromatic rings. The van der Waals surface area contributed by atoms with E-state index in [0.29, 0.717) is 3.57 Å². The molecule has 0 saturated heterocycles. The molecule has 0 unspecified atom stereocenters. The molecular weight excluding hydrogens is 315 g/mol. The van der Waals surface area contributed by atoms with E-state index in [1.807, 2.05) is 22.6 Å². The third-order valence-corrected chi connectivity index (χ3v) is 2.89. The number of benzene rings is 1. The second-order valence-corrected chi connectivity index (χ2v) is 4.08. The van der Waals surface area contributed by atoms with E-state index in [2.05, 4.69) is 4.98 Å². The van der Waals surface area contributed by atoms with Crippen LogP contribution < -0.4 is 4.74 Å². The molecule has 78 valence electrons. The van der Waals surface area contributed by atoms with Crippen LogP contribution in [0.1, 0.15) is 0 Å². The highest BCUT2D eigenvalue weighted by atomic mass is 127. The smallest absolute Gasteiger partial charge is 0.174 e. The maximum atomic E-state index is 13.8. The van der Waals surface area contributed by atoms with Gasteiger partial charge in [-0.25, -0.2) is 8.78 Å². The fourth-order valence-corrected chi connectivity index (χ4v) is 2.06. The van der Waals surface area contributed by atoms with Crippen molar-refractivity contribution in [1.82, 2.24) is 4.98 Å². The van der Waals surface area contributed by atoms with Crippen LogP contribution in [-0.4, -0.2) is 12.1 Å². The third-order valence-electron chi connectivity index (χ3n) is 2.07. The molecule has 0 saturated carbocycles. The van der Waals surface area contributed by atoms with Gasteiger partial charge >= 0.3 is 0 Å². The van der Waals surface area contributed by atoms with Gasteiger partial charge in [-0.15, -0.1) is 0 Å². The van der Waals surface area contributed by atoms with E-state index in [1.54, 1.807) is 0 Å². The van der Waals surface area contributed by atoms with E-state index in [-0.39, 0.29) is 16.5 Å². The largest absolute Gasteiger partial charge is 0.494 e. The first kappa shape index (κ1) is 10.5. The van der Waals surface area contributed by atoms with Crippen LogP contribution in [0.2, 0.25) is 0 Å². The van der Waals surface area contributed by atoms with Crippen molar-refractivity contribution in [2.75, 3.05) is 7.11 Å². The van der Waals surface area contributed by atoms with Gasteiger partial charge in [0.1, 0.15) is 5.82 Å². The average molecular weight is 321 g/mol. The highest BCUT2D eigenvalue weighted by Gasteiger charge is 2.15. The predicted octanol–water partition coefficient (Wildman–Crippen LogP) is 3.13. The fourth-order valence-electron chi connectivity index (χ4n) is 1.37. The second kappa shape index (κ2) is 3.88. The molecule has 0 fully saturated rings. The molecule has 1 heterocycles. The lowest BCUT2D eigenvalue weighted by Gasteiger charge is -2.07. The number of hydrogen-bond donors (Lipinski definition) is 0. The van der Waals surface area contributed by atoms with Crippen LogP contribution in [0.5, 0.6) is 5.75 Å². The lowest BCUT2D eigenvalue weighted by Crippen LogP contribution is -1.94. The van der Waals surface area contributed by atoms with Crippen molar-refractivity contribution >= 4 is 33.4 Å². The summed E-state index contributed by atoms with van der Waals surface area (Å²) in [7, 11) is 1.30. The SMILES string of the molecule is COc1cc(F)c2cncc(I)c2c1F. The molecule has 1 aromatic heterocycles. The van der Waals surface area contributed by atoms with Crippen LogP contribution in [-0.2, 0) is 0 Å². The van der Waals surface area contributed by atoms with Crippen LogP contribution in [0.4, 0.5) is 8.78 Å². The number of nitrogens with zero attached hydrogens (tertiary/aromatic N) is 1. The maximum Gasteiger partial charge on any atom is 0.174 e. The van der Waals surface area contributed by atoms with Gasteiger partial charge in [-0.1, -0.05) is 0 Å². The Bertz CT molecular complexity index is 530. The van der Waals surface area contributed by atoms with E-state index in [9.17, 15) is 8.78 Å². The van der Waals surface area contributed by atoms with E-state index in [4.69, 9.17) is 4.74 Å². The minimum atomic E-state index is -0.555. The van der Waals surface area contributed by atoms with Gasteiger partial charge < -0.3 is 4.74 Å². The Kier molecular flexibility index (Phi) is 2.72. The van der Waals surface area contributed by atoms with Gasteiger partial charge in [-0.3, -0.25) is 4.98 Å². The van der Waals surface area contributed by atoms with Gasteiger partial charge in [0, 0.05) is 32.8 Å². The zero-order valence-electron chi connectivity index (χ0n) is 7.72. The summed E-state index contributed by atoms with van der Waals surface area (Å²) in [4.78, 5) is 3.81. The highest BCUT2D eigenvalue weighted by Crippen LogP contribution is 2.31. The summed E-state index contributed by atoms with van der Waals surface area (Å²) in [5, 5.41) is 0.377. The third kappa shape index (κ3) is 1.64. The van der Waals surface area contributed by atoms with E-state index < -0.39 is 11.6 Å². The maximum absolute atomic E-state index is 13.8. The summed E-state index contributed by atoms with van der Waals surface area (Å²) in [5.41, 5.74) is 0. The Morgan fingerprint density at radius 1 is 1.33 bits per heavy atom. The van der Waals surface area contributed by atoms with Gasteiger partial charge in [0.25, 0.3) is 0 Å². The Morgan fingerprint density at radius 3 is 2.73 bits per heavy atom. The summed E-state index contributed by atoms with van der Waals surface area (Å²) in [6, 6.07) is 1.02. The molecule has 0 spiro atoms. The van der Waals surface area contributed by atoms with Crippen LogP contribution in [0.15, 0.2) is 18.5 Å². The fraction of sp³-hybridized carbons (Fsp3) is 0.100. The first-order valence-electron chi connectivity index (χ1n) is 4.10. The molecule has 0 aliphatic rings. The summed E-state index contributed by atoms with van der Waals surface area (Å²) in [5.74, 6) is -1.18. The van der Waals surface area contributed by atoms with E-state index in [0.717, 1.165) is 6.07 Å². The van der Waals surface area contributed by atoms with Gasteiger partial charge in [-0.05, 0) is 22.6 Å². The first-order valence-corrected chi connectivity index (χ1v) is 5.18. The molecule has 5 heteroatoms. The highest BCUT2D eigenvalue weighted by molar-refractivity contribution is 14.1. The van der Waals surface area contributed by atoms with Crippen LogP contribution in [0.25, 0.3) is 10.8 Å². The number of fused-ring (bicyclic) bond motifs is 1. The summed E-state index contributed by atoms with van der Waals surface area (Å²) in [6.45, 7) is 0. The number of aromatic nitrogens is 1. The van der Waals surface area contributed by atoms with Crippen LogP contribution >= 0.6 is 22.6 Å². The Hall–Kier alpha value is -0.980. The molecule has 0 amide bonds. The molecule has 0 radical (unpaired) electrons. The van der Waals surface area contributed by atoms with Gasteiger partial charge in [-0.2, -0.15) is 0 Å². The number of pyridine rings is 1. The molecule has 2 nitrogen and oxygen atoms in total. The van der Waals surface area contributed by atoms with Gasteiger partial charge in [0.05, 0.1) is 7.11 Å². The first-order chi connectivity index (χ1) is 7.15. The summed E-state index contributed by atoms with van der Waals surface area (Å²) >= 11 is 1.91. The molecular formula is C10H6F2INO. The Labute approximate surface area is 98.4 Å². The van der Waals surface area contributed by atoms with Crippen molar-refractivity contribution in [3.63, 3.8) is 0 Å². The zero-order chi connectivity index (χ0) is 11.0. The average Bonchev–Trinajstić information content (AvgIpc) is 2.23. The van der Waals surface area contributed by atoms with E-state index >= 15 is 0 Å². The van der Waals surface area contributed by atoms with Gasteiger partial charge in [0.2, 0.25) is 0 Å². The minimum absolute atomic E-state index is 0.0934. The Balaban J connectivity index is 2.95. The van der Waals surface area contributed by atoms with Gasteiger partial charge in [0.15, 0.2) is 11.6 Å². The number of ether oxygens (including phenoxy) is 1. The quantitative estimate of drug-likeness (QED) is 0.753. The topological polar surface area (TPSA) is 22.1 Å². The predicted molar refractivity (Wildman–Crippen MR) is 60.9 cm³/mol. The molecule has 0 N–H and O–H groups in total. The molecule has 0 atom stereocenters. The summed E-state index contributed by atoms with van der Waals surface area (Å²) in [6.07, 6.45) is 2.78. The van der Waals surface area contributed by atoms with Crippen molar-refractivity contribution in [2.45, 2.75) is 0 Å². The van der Waals surface area contributed by atoms with Crippen molar-refractivity contribution in [1.29, 1.82) is 0 Å². The lowest BCUT2D eigenvalue weighted by atomic mass is 10.1. The minimum Gasteiger partial charge on any atom is -0.494 e. The lowest BCUT2D eigenvalue weighted by molar-refractivity contribution is 0.386. The number of methoxy groups -OCH3 is 1. The summed E-state index contributed by atoms with van der Waals surface area (Å²) < 4.78 is 32.6. The van der Waals surface area contributed by atoms with Crippen LogP contribution in [0, 0.1) is 15.2 Å². The molecule has 0 bridgehead atoms. The standard InChI is InChI=1S/C10H6F2INO/c1-15-8-2-6(11)5-3-14-4-7(13)9(5)10(8)12/h2-4H,1H3. The normalized spacial score (nSPS) is 10.7. The van der Waals surface area contributed by atoms with Crippen molar-refractivity contribution in [2.24, 2.45) is 0 Å². The van der Waals surface area contributed by atoms with Crippen LogP contribution in [0.3, 0.4) is 0 Å². The zero-order valence-corrected chi connectivity index (χ0v) is 9.88. The molecule has 0 aliphatic carbocycles. The number of hydrogen-bond acceptors (Lipinski definition) is 2. The second-order valence-electron chi connectivity index (χ2n) is 2.92.